The first-order valence-corrected chi connectivity index (χ1v) is 8.55. The largest absolute Gasteiger partial charge is 0.478 e. The number of hydrogen-bond acceptors (Lipinski definition) is 5. The van der Waals surface area contributed by atoms with Crippen LogP contribution in [0.1, 0.15) is 27.9 Å². The van der Waals surface area contributed by atoms with E-state index in [9.17, 15) is 19.5 Å². The summed E-state index contributed by atoms with van der Waals surface area (Å²) in [5, 5.41) is 8.80. The SMILES string of the molecule is Cc1ccc(C)c(N2C(=O)CC(Sc3ncccc3C(=O)O)C2=O)c1. The maximum absolute atomic E-state index is 12.8. The molecule has 1 unspecified atom stereocenters. The van der Waals surface area contributed by atoms with Crippen molar-refractivity contribution in [3.05, 3.63) is 53.2 Å². The van der Waals surface area contributed by atoms with Gasteiger partial charge in [0.2, 0.25) is 11.8 Å². The van der Waals surface area contributed by atoms with Crippen LogP contribution in [0, 0.1) is 13.8 Å². The van der Waals surface area contributed by atoms with Crippen LogP contribution in [0.15, 0.2) is 41.6 Å². The van der Waals surface area contributed by atoms with Crippen LogP contribution in [-0.4, -0.2) is 33.1 Å². The minimum Gasteiger partial charge on any atom is -0.478 e. The van der Waals surface area contributed by atoms with Crippen molar-refractivity contribution in [3.8, 4) is 0 Å². The van der Waals surface area contributed by atoms with Gasteiger partial charge in [-0.1, -0.05) is 23.9 Å². The van der Waals surface area contributed by atoms with Crippen molar-refractivity contribution in [2.45, 2.75) is 30.5 Å². The van der Waals surface area contributed by atoms with Gasteiger partial charge in [0.05, 0.1) is 16.5 Å². The Hall–Kier alpha value is -2.67. The van der Waals surface area contributed by atoms with Gasteiger partial charge >= 0.3 is 5.97 Å². The van der Waals surface area contributed by atoms with Gasteiger partial charge in [0, 0.05) is 12.6 Å². The number of pyridine rings is 1. The number of hydrogen-bond donors (Lipinski definition) is 1. The molecule has 1 aliphatic heterocycles. The zero-order valence-electron chi connectivity index (χ0n) is 13.7. The molecular weight excluding hydrogens is 340 g/mol. The monoisotopic (exact) mass is 356 g/mol. The van der Waals surface area contributed by atoms with Crippen LogP contribution in [-0.2, 0) is 9.59 Å². The van der Waals surface area contributed by atoms with E-state index in [1.807, 2.05) is 32.0 Å². The standard InChI is InChI=1S/C18H16N2O4S/c1-10-5-6-11(2)13(8-10)20-15(21)9-14(17(20)22)25-16-12(18(23)24)4-3-7-19-16/h3-8,14H,9H2,1-2H3,(H,23,24). The van der Waals surface area contributed by atoms with E-state index < -0.39 is 11.2 Å². The molecule has 0 spiro atoms. The highest BCUT2D eigenvalue weighted by atomic mass is 32.2. The Bertz CT molecular complexity index is 881. The van der Waals surface area contributed by atoms with Gasteiger partial charge in [0.1, 0.15) is 5.03 Å². The third-order valence-corrected chi connectivity index (χ3v) is 5.17. The van der Waals surface area contributed by atoms with Crippen LogP contribution in [0.25, 0.3) is 0 Å². The summed E-state index contributed by atoms with van der Waals surface area (Å²) in [6, 6.07) is 8.55. The number of imide groups is 1. The van der Waals surface area contributed by atoms with E-state index >= 15 is 0 Å². The molecule has 2 aromatic rings. The van der Waals surface area contributed by atoms with Crippen molar-refractivity contribution in [1.29, 1.82) is 0 Å². The highest BCUT2D eigenvalue weighted by Gasteiger charge is 2.41. The summed E-state index contributed by atoms with van der Waals surface area (Å²) < 4.78 is 0. The van der Waals surface area contributed by atoms with E-state index in [1.165, 1.54) is 23.2 Å². The number of aryl methyl sites for hydroxylation is 2. The molecule has 1 aromatic heterocycles. The van der Waals surface area contributed by atoms with Crippen LogP contribution in [0.3, 0.4) is 0 Å². The summed E-state index contributed by atoms with van der Waals surface area (Å²) in [5.41, 5.74) is 2.40. The molecule has 1 saturated heterocycles. The number of aromatic nitrogens is 1. The number of thioether (sulfide) groups is 1. The zero-order valence-corrected chi connectivity index (χ0v) is 14.5. The van der Waals surface area contributed by atoms with E-state index in [-0.39, 0.29) is 28.8 Å². The normalized spacial score (nSPS) is 17.2. The van der Waals surface area contributed by atoms with Gasteiger partial charge in [0.15, 0.2) is 0 Å². The molecule has 2 heterocycles. The molecule has 128 valence electrons. The minimum absolute atomic E-state index is 0.0204. The topological polar surface area (TPSA) is 87.6 Å². The van der Waals surface area contributed by atoms with E-state index in [1.54, 1.807) is 0 Å². The number of carbonyl (C=O) groups is 3. The van der Waals surface area contributed by atoms with Gasteiger partial charge in [-0.3, -0.25) is 9.59 Å². The second kappa shape index (κ2) is 6.68. The van der Waals surface area contributed by atoms with Crippen molar-refractivity contribution >= 4 is 35.2 Å². The zero-order chi connectivity index (χ0) is 18.1. The Kier molecular flexibility index (Phi) is 4.59. The number of aromatic carboxylic acids is 1. The first-order valence-electron chi connectivity index (χ1n) is 7.67. The van der Waals surface area contributed by atoms with Gasteiger partial charge in [-0.2, -0.15) is 0 Å². The maximum atomic E-state index is 12.8. The fourth-order valence-corrected chi connectivity index (χ4v) is 3.80. The van der Waals surface area contributed by atoms with E-state index in [4.69, 9.17) is 0 Å². The Labute approximate surface area is 148 Å². The lowest BCUT2D eigenvalue weighted by molar-refractivity contribution is -0.121. The van der Waals surface area contributed by atoms with E-state index in [0.29, 0.717) is 5.69 Å². The van der Waals surface area contributed by atoms with E-state index in [2.05, 4.69) is 4.98 Å². The molecule has 7 heteroatoms. The van der Waals surface area contributed by atoms with Crippen molar-refractivity contribution in [2.24, 2.45) is 0 Å². The van der Waals surface area contributed by atoms with Gasteiger partial charge in [-0.25, -0.2) is 14.7 Å². The average molecular weight is 356 g/mol. The van der Waals surface area contributed by atoms with Crippen molar-refractivity contribution in [1.82, 2.24) is 4.98 Å². The summed E-state index contributed by atoms with van der Waals surface area (Å²) in [6.45, 7) is 3.74. The number of carboxylic acid groups (broad SMARTS) is 1. The third kappa shape index (κ3) is 3.28. The lowest BCUT2D eigenvalue weighted by atomic mass is 10.1. The number of rotatable bonds is 4. The highest BCUT2D eigenvalue weighted by molar-refractivity contribution is 8.00. The number of anilines is 1. The molecular formula is C18H16N2O4S. The molecule has 2 amide bonds. The molecule has 1 atom stereocenters. The molecule has 25 heavy (non-hydrogen) atoms. The molecule has 1 aliphatic rings. The Balaban J connectivity index is 1.90. The number of nitrogens with zero attached hydrogens (tertiary/aromatic N) is 2. The summed E-state index contributed by atoms with van der Waals surface area (Å²) in [4.78, 5) is 41.7. The fraction of sp³-hybridized carbons (Fsp3) is 0.222. The lowest BCUT2D eigenvalue weighted by Gasteiger charge is -2.18. The van der Waals surface area contributed by atoms with Gasteiger partial charge in [-0.05, 0) is 43.2 Å². The lowest BCUT2D eigenvalue weighted by Crippen LogP contribution is -2.31. The quantitative estimate of drug-likeness (QED) is 0.848. The van der Waals surface area contributed by atoms with Crippen LogP contribution >= 0.6 is 11.8 Å². The molecule has 1 N–H and O–H groups in total. The number of carboxylic acids is 1. The fourth-order valence-electron chi connectivity index (χ4n) is 2.69. The number of carbonyl (C=O) groups excluding carboxylic acids is 2. The van der Waals surface area contributed by atoms with Crippen molar-refractivity contribution in [3.63, 3.8) is 0 Å². The van der Waals surface area contributed by atoms with Crippen LogP contribution in [0.4, 0.5) is 5.69 Å². The van der Waals surface area contributed by atoms with Crippen molar-refractivity contribution in [2.75, 3.05) is 4.90 Å². The van der Waals surface area contributed by atoms with Gasteiger partial charge in [0.25, 0.3) is 0 Å². The minimum atomic E-state index is -1.11. The second-order valence-electron chi connectivity index (χ2n) is 5.83. The Morgan fingerprint density at radius 3 is 2.76 bits per heavy atom. The predicted molar refractivity (Wildman–Crippen MR) is 93.9 cm³/mol. The Morgan fingerprint density at radius 2 is 2.04 bits per heavy atom. The van der Waals surface area contributed by atoms with Gasteiger partial charge < -0.3 is 5.11 Å². The van der Waals surface area contributed by atoms with Gasteiger partial charge in [-0.15, -0.1) is 0 Å². The summed E-state index contributed by atoms with van der Waals surface area (Å²) >= 11 is 1.02. The molecule has 0 bridgehead atoms. The van der Waals surface area contributed by atoms with Crippen molar-refractivity contribution < 1.29 is 19.5 Å². The third-order valence-electron chi connectivity index (χ3n) is 3.97. The second-order valence-corrected chi connectivity index (χ2v) is 7.02. The smallest absolute Gasteiger partial charge is 0.338 e. The first-order chi connectivity index (χ1) is 11.9. The molecule has 0 radical (unpaired) electrons. The maximum Gasteiger partial charge on any atom is 0.338 e. The van der Waals surface area contributed by atoms with Crippen LogP contribution < -0.4 is 4.90 Å². The average Bonchev–Trinajstić information content (AvgIpc) is 2.84. The van der Waals surface area contributed by atoms with E-state index in [0.717, 1.165) is 22.9 Å². The first kappa shape index (κ1) is 17.2. The summed E-state index contributed by atoms with van der Waals surface area (Å²) in [7, 11) is 0. The molecule has 0 aliphatic carbocycles. The van der Waals surface area contributed by atoms with Crippen LogP contribution in [0.5, 0.6) is 0 Å². The van der Waals surface area contributed by atoms with Crippen LogP contribution in [0.2, 0.25) is 0 Å². The predicted octanol–water partition coefficient (Wildman–Crippen LogP) is 2.82. The number of amides is 2. The molecule has 3 rings (SSSR count). The summed E-state index contributed by atoms with van der Waals surface area (Å²) in [5.74, 6) is -1.74. The molecule has 6 nitrogen and oxygen atoms in total. The Morgan fingerprint density at radius 1 is 1.28 bits per heavy atom. The molecule has 0 saturated carbocycles. The highest BCUT2D eigenvalue weighted by Crippen LogP contribution is 2.35. The number of benzene rings is 1. The molecule has 1 fully saturated rings. The molecule has 1 aromatic carbocycles. The summed E-state index contributed by atoms with van der Waals surface area (Å²) in [6.07, 6.45) is 1.49.